The predicted octanol–water partition coefficient (Wildman–Crippen LogP) is 3.74. The first-order valence-electron chi connectivity index (χ1n) is 13.8. The fraction of sp³-hybridized carbons (Fsp3) is 0.125. The van der Waals surface area contributed by atoms with Crippen LogP contribution in [0.4, 0.5) is 0 Å². The maximum Gasteiger partial charge on any atom is 0.492 e. The Morgan fingerprint density at radius 3 is 1.65 bits per heavy atom. The summed E-state index contributed by atoms with van der Waals surface area (Å²) in [6, 6.07) is 27.7. The molecule has 1 aromatic carbocycles. The van der Waals surface area contributed by atoms with Crippen molar-refractivity contribution in [3.8, 4) is 33.9 Å². The molecule has 0 radical (unpaired) electrons. The molecule has 4 aromatic heterocycles. The third-order valence-corrected chi connectivity index (χ3v) is 7.37. The molecule has 0 saturated heterocycles. The van der Waals surface area contributed by atoms with E-state index in [0.717, 1.165) is 39.5 Å². The van der Waals surface area contributed by atoms with E-state index in [1.807, 2.05) is 48.5 Å². The number of carboxylic acid groups (broad SMARTS) is 2. The Labute approximate surface area is 278 Å². The van der Waals surface area contributed by atoms with E-state index in [0.29, 0.717) is 19.5 Å². The van der Waals surface area contributed by atoms with E-state index in [1.165, 1.54) is 18.2 Å². The van der Waals surface area contributed by atoms with Crippen molar-refractivity contribution < 1.29 is 53.7 Å². The van der Waals surface area contributed by atoms with Gasteiger partial charge in [-0.15, -0.1) is 0 Å². The van der Waals surface area contributed by atoms with Gasteiger partial charge in [-0.05, 0) is 78.2 Å². The summed E-state index contributed by atoms with van der Waals surface area (Å²) in [6.45, 7) is 1.26. The van der Waals surface area contributed by atoms with Gasteiger partial charge in [0, 0.05) is 44.5 Å². The monoisotopic (exact) mass is 727 g/mol. The predicted molar refractivity (Wildman–Crippen MR) is 168 cm³/mol. The normalized spacial score (nSPS) is 10.7. The first-order valence-corrected chi connectivity index (χ1v) is 15.9. The molecule has 5 aromatic rings. The first kappa shape index (κ1) is 35.9. The third-order valence-electron chi connectivity index (χ3n) is 6.35. The van der Waals surface area contributed by atoms with Crippen LogP contribution in [0.25, 0.3) is 33.9 Å². The fourth-order valence-electron chi connectivity index (χ4n) is 4.16. The second kappa shape index (κ2) is 17.2. The molecule has 0 unspecified atom stereocenters. The van der Waals surface area contributed by atoms with Crippen molar-refractivity contribution in [3.05, 3.63) is 120 Å². The van der Waals surface area contributed by atoms with E-state index >= 15 is 0 Å². The summed E-state index contributed by atoms with van der Waals surface area (Å²) < 4.78 is 0. The Bertz CT molecular complexity index is 1640. The smallest absolute Gasteiger partial charge is 0.477 e. The molecule has 0 atom stereocenters. The number of aromatic nitrogens is 4. The van der Waals surface area contributed by atoms with Crippen molar-refractivity contribution in [1.82, 2.24) is 25.3 Å². The van der Waals surface area contributed by atoms with Gasteiger partial charge in [0.15, 0.2) is 0 Å². The average molecular weight is 727 g/mol. The molecule has 12 nitrogen and oxygen atoms in total. The van der Waals surface area contributed by atoms with Crippen LogP contribution in [-0.2, 0) is 26.0 Å². The van der Waals surface area contributed by atoms with Crippen LogP contribution in [0.5, 0.6) is 0 Å². The molecule has 238 valence electrons. The van der Waals surface area contributed by atoms with Gasteiger partial charge < -0.3 is 29.9 Å². The van der Waals surface area contributed by atoms with Crippen LogP contribution >= 0.6 is 0 Å². The van der Waals surface area contributed by atoms with Gasteiger partial charge in [-0.2, -0.15) is 0 Å². The van der Waals surface area contributed by atoms with Gasteiger partial charge in [-0.1, -0.05) is 42.5 Å². The minimum absolute atomic E-state index is 0. The molecule has 0 aliphatic heterocycles. The molecular formula is C32H31N5O7RuSi. The quantitative estimate of drug-likeness (QED) is 0.0853. The zero-order valence-electron chi connectivity index (χ0n) is 24.3. The number of rotatable bonds is 11. The molecule has 4 heterocycles. The molecule has 0 fully saturated rings. The number of nitrogens with zero attached hydrogens (tertiary/aromatic N) is 4. The molecule has 6 N–H and O–H groups in total. The third kappa shape index (κ3) is 11.1. The number of nitrogens with one attached hydrogen (secondary N) is 1. The van der Waals surface area contributed by atoms with E-state index in [1.54, 1.807) is 12.4 Å². The van der Waals surface area contributed by atoms with Crippen molar-refractivity contribution >= 4 is 20.7 Å². The maximum absolute atomic E-state index is 10.3. The summed E-state index contributed by atoms with van der Waals surface area (Å²) in [5.41, 5.74) is 5.85. The number of carboxylic acids is 2. The van der Waals surface area contributed by atoms with Gasteiger partial charge in [-0.25, -0.2) is 19.6 Å². The number of carbonyl (C=O) groups is 2. The van der Waals surface area contributed by atoms with Gasteiger partial charge in [0.05, 0.1) is 22.8 Å². The Hall–Kier alpha value is -4.56. The van der Waals surface area contributed by atoms with E-state index in [4.69, 9.17) is 29.6 Å². The van der Waals surface area contributed by atoms with Crippen molar-refractivity contribution in [2.45, 2.75) is 19.0 Å². The van der Waals surface area contributed by atoms with Crippen LogP contribution in [0.3, 0.4) is 0 Å². The van der Waals surface area contributed by atoms with Crippen LogP contribution in [0.15, 0.2) is 103 Å². The van der Waals surface area contributed by atoms with Crippen molar-refractivity contribution in [2.75, 3.05) is 6.54 Å². The first-order chi connectivity index (χ1) is 21.6. The molecule has 14 heteroatoms. The number of hydrogen-bond donors (Lipinski definition) is 6. The second-order valence-electron chi connectivity index (χ2n) is 9.83. The molecule has 5 rings (SSSR count). The van der Waals surface area contributed by atoms with Gasteiger partial charge in [0.1, 0.15) is 11.4 Å². The average Bonchev–Trinajstić information content (AvgIpc) is 3.05. The SMILES string of the molecule is O=C(O)c1cccc(C(=O)O)n1.O[Si](O)(O)CCCNCc1ccc(-c2cc(-c3ccccn3)nc(-c3ccccn3)c2)cc1.[Ru]. The second-order valence-corrected chi connectivity index (χ2v) is 11.9. The largest absolute Gasteiger partial charge is 0.492 e. The van der Waals surface area contributed by atoms with Crippen molar-refractivity contribution in [1.29, 1.82) is 0 Å². The Kier molecular flexibility index (Phi) is 13.4. The molecule has 0 spiro atoms. The fourth-order valence-corrected chi connectivity index (χ4v) is 4.81. The van der Waals surface area contributed by atoms with Gasteiger partial charge in [0.25, 0.3) is 0 Å². The van der Waals surface area contributed by atoms with E-state index < -0.39 is 20.7 Å². The summed E-state index contributed by atoms with van der Waals surface area (Å²) in [7, 11) is -3.94. The summed E-state index contributed by atoms with van der Waals surface area (Å²) in [5, 5.41) is 20.1. The van der Waals surface area contributed by atoms with E-state index in [-0.39, 0.29) is 36.9 Å². The summed E-state index contributed by atoms with van der Waals surface area (Å²) >= 11 is 0. The standard InChI is InChI=1S/C25H26N4O3Si.C7H5NO4.Ru/c30-33(31,32)15-5-12-26-18-19-8-10-20(11-9-19)21-16-24(22-6-1-3-13-27-22)29-25(17-21)23-7-2-4-14-28-23;9-6(10)4-2-1-3-5(8-4)7(11)12;/h1-4,6-11,13-14,16-17,26,30-32H,5,12,15,18H2;1-3H,(H,9,10)(H,11,12);. The van der Waals surface area contributed by atoms with Gasteiger partial charge >= 0.3 is 20.7 Å². The van der Waals surface area contributed by atoms with Gasteiger partial charge in [0.2, 0.25) is 0 Å². The van der Waals surface area contributed by atoms with Crippen LogP contribution in [0.2, 0.25) is 6.04 Å². The van der Waals surface area contributed by atoms with E-state index in [2.05, 4.69) is 44.5 Å². The van der Waals surface area contributed by atoms with Crippen LogP contribution in [0, 0.1) is 0 Å². The zero-order chi connectivity index (χ0) is 32.2. The van der Waals surface area contributed by atoms with Crippen LogP contribution in [-0.4, -0.2) is 71.8 Å². The molecule has 0 amide bonds. The molecular weight excluding hydrogens is 696 g/mol. The number of benzene rings is 1. The summed E-state index contributed by atoms with van der Waals surface area (Å²) in [6.07, 6.45) is 4.03. The summed E-state index contributed by atoms with van der Waals surface area (Å²) in [4.78, 5) is 64.9. The van der Waals surface area contributed by atoms with Crippen LogP contribution < -0.4 is 5.32 Å². The Morgan fingerprint density at radius 2 is 1.20 bits per heavy atom. The number of hydrogen-bond acceptors (Lipinski definition) is 10. The number of aromatic carboxylic acids is 2. The van der Waals surface area contributed by atoms with E-state index in [9.17, 15) is 9.59 Å². The molecule has 0 bridgehead atoms. The zero-order valence-corrected chi connectivity index (χ0v) is 27.1. The molecule has 0 aliphatic carbocycles. The van der Waals surface area contributed by atoms with Crippen molar-refractivity contribution in [3.63, 3.8) is 0 Å². The van der Waals surface area contributed by atoms with Gasteiger partial charge in [-0.3, -0.25) is 9.97 Å². The molecule has 46 heavy (non-hydrogen) atoms. The van der Waals surface area contributed by atoms with Crippen LogP contribution in [0.1, 0.15) is 33.0 Å². The molecule has 0 aliphatic rings. The molecule has 0 saturated carbocycles. The Balaban J connectivity index is 0.000000375. The Morgan fingerprint density at radius 1 is 0.652 bits per heavy atom. The minimum atomic E-state index is -3.94. The van der Waals surface area contributed by atoms with Crippen molar-refractivity contribution in [2.24, 2.45) is 0 Å². The minimum Gasteiger partial charge on any atom is -0.477 e. The summed E-state index contributed by atoms with van der Waals surface area (Å²) in [5.74, 6) is -2.48. The topological polar surface area (TPSA) is 199 Å². The number of pyridine rings is 4. The maximum atomic E-state index is 10.3.